The first kappa shape index (κ1) is 27.0. The Hall–Kier alpha value is -4.56. The number of carbonyl (C=O) groups is 3. The Morgan fingerprint density at radius 2 is 1.82 bits per heavy atom. The van der Waals surface area contributed by atoms with Gasteiger partial charge in [-0.3, -0.25) is 14.9 Å². The summed E-state index contributed by atoms with van der Waals surface area (Å²) in [6.45, 7) is 6.71. The molecule has 3 aliphatic heterocycles. The predicted octanol–water partition coefficient (Wildman–Crippen LogP) is 1.10. The number of nitrogens with zero attached hydrogens (tertiary/aromatic N) is 4. The van der Waals surface area contributed by atoms with Crippen LogP contribution in [0.4, 0.5) is 4.79 Å². The average molecular weight is 545 g/mol. The number of imide groups is 1. The molecule has 0 radical (unpaired) electrons. The summed E-state index contributed by atoms with van der Waals surface area (Å²) in [5.41, 5.74) is 1.17. The molecule has 0 bridgehead atoms. The summed E-state index contributed by atoms with van der Waals surface area (Å²) in [5.74, 6) is 6.26. The van der Waals surface area contributed by atoms with E-state index in [1.165, 1.54) is 0 Å². The summed E-state index contributed by atoms with van der Waals surface area (Å²) >= 11 is 0. The molecule has 0 unspecified atom stereocenters. The minimum atomic E-state index is -1.59. The van der Waals surface area contributed by atoms with Gasteiger partial charge in [0, 0.05) is 49.4 Å². The van der Waals surface area contributed by atoms with E-state index >= 15 is 0 Å². The molecule has 4 amide bonds. The summed E-state index contributed by atoms with van der Waals surface area (Å²) in [7, 11) is 1.57. The molecule has 2 saturated heterocycles. The second kappa shape index (κ2) is 11.3. The number of ether oxygens (including phenoxy) is 1. The molecular weight excluding hydrogens is 512 g/mol. The Kier molecular flexibility index (Phi) is 7.62. The van der Waals surface area contributed by atoms with E-state index in [4.69, 9.17) is 4.74 Å². The van der Waals surface area contributed by atoms with Crippen LogP contribution >= 0.6 is 0 Å². The second-order valence-electron chi connectivity index (χ2n) is 9.99. The van der Waals surface area contributed by atoms with Crippen LogP contribution in [0.3, 0.4) is 0 Å². The van der Waals surface area contributed by atoms with Crippen LogP contribution in [-0.4, -0.2) is 102 Å². The highest BCUT2D eigenvalue weighted by atomic mass is 16.5. The number of methoxy groups -OCH3 is 1. The first-order chi connectivity index (χ1) is 19.4. The van der Waals surface area contributed by atoms with Gasteiger partial charge >= 0.3 is 6.03 Å². The Morgan fingerprint density at radius 1 is 1.07 bits per heavy atom. The summed E-state index contributed by atoms with van der Waals surface area (Å²) in [6.07, 6.45) is 0.584. The molecule has 3 heterocycles. The van der Waals surface area contributed by atoms with Gasteiger partial charge in [-0.05, 0) is 61.0 Å². The van der Waals surface area contributed by atoms with Crippen LogP contribution in [-0.2, 0) is 11.2 Å². The first-order valence-electron chi connectivity index (χ1n) is 13.3. The lowest BCUT2D eigenvalue weighted by molar-refractivity contribution is -0.122. The number of likely N-dealkylation sites (N-methyl/N-ethyl adjacent to an activating group) is 1. The number of benzene rings is 2. The van der Waals surface area contributed by atoms with Gasteiger partial charge < -0.3 is 30.0 Å². The molecule has 1 atom stereocenters. The van der Waals surface area contributed by atoms with E-state index in [0.29, 0.717) is 35.7 Å². The van der Waals surface area contributed by atoms with E-state index in [0.717, 1.165) is 43.9 Å². The number of hydrogen-bond acceptors (Lipinski definition) is 7. The quantitative estimate of drug-likeness (QED) is 0.129. The van der Waals surface area contributed by atoms with Gasteiger partial charge in [0.1, 0.15) is 5.75 Å². The van der Waals surface area contributed by atoms with Crippen molar-refractivity contribution in [3.63, 3.8) is 0 Å². The number of hydrogen-bond donors (Lipinski definition) is 3. The third-order valence-electron chi connectivity index (χ3n) is 7.63. The number of carbonyl (C=O) groups excluding carboxylic acids is 3. The van der Waals surface area contributed by atoms with Crippen molar-refractivity contribution >= 4 is 23.7 Å². The molecule has 0 aliphatic carbocycles. The van der Waals surface area contributed by atoms with E-state index < -0.39 is 17.5 Å². The largest absolute Gasteiger partial charge is 0.497 e. The van der Waals surface area contributed by atoms with Crippen molar-refractivity contribution in [3.05, 3.63) is 64.7 Å². The number of oxime groups is 1. The highest BCUT2D eigenvalue weighted by Gasteiger charge is 2.47. The lowest BCUT2D eigenvalue weighted by Gasteiger charge is -2.35. The van der Waals surface area contributed by atoms with E-state index in [9.17, 15) is 19.6 Å². The molecule has 2 fully saturated rings. The van der Waals surface area contributed by atoms with E-state index in [2.05, 4.69) is 39.5 Å². The topological polar surface area (TPSA) is 127 Å². The zero-order chi connectivity index (χ0) is 28.3. The minimum absolute atomic E-state index is 0.0922. The molecule has 2 aromatic carbocycles. The molecule has 11 nitrogen and oxygen atoms in total. The molecule has 11 heteroatoms. The van der Waals surface area contributed by atoms with Crippen LogP contribution in [0.1, 0.15) is 34.0 Å². The fourth-order valence-corrected chi connectivity index (χ4v) is 5.27. The van der Waals surface area contributed by atoms with Gasteiger partial charge in [-0.2, -0.15) is 0 Å². The maximum absolute atomic E-state index is 13.3. The third kappa shape index (κ3) is 5.31. The second-order valence-corrected chi connectivity index (χ2v) is 9.99. The van der Waals surface area contributed by atoms with E-state index in [1.807, 2.05) is 23.1 Å². The summed E-state index contributed by atoms with van der Waals surface area (Å²) in [5, 5.41) is 18.1. The molecular formula is C29H32N6O5. The molecule has 5 rings (SSSR count). The van der Waals surface area contributed by atoms with E-state index in [1.54, 1.807) is 36.3 Å². The number of piperazine rings is 1. The SMILES string of the molecule is CCN1CCN(/C(=N\O)c2ccc(C#C[C@]3(CN4CCc5cc(OC)ccc5C4=O)NC(=O)NC3=O)cc2)CC1. The lowest BCUT2D eigenvalue weighted by Crippen LogP contribution is -2.56. The summed E-state index contributed by atoms with van der Waals surface area (Å²) < 4.78 is 5.26. The number of fused-ring (bicyclic) bond motifs is 1. The molecule has 40 heavy (non-hydrogen) atoms. The van der Waals surface area contributed by atoms with Gasteiger partial charge in [0.25, 0.3) is 11.8 Å². The van der Waals surface area contributed by atoms with Crippen molar-refractivity contribution < 1.29 is 24.3 Å². The zero-order valence-corrected chi connectivity index (χ0v) is 22.6. The number of urea groups is 1. The molecule has 0 saturated carbocycles. The van der Waals surface area contributed by atoms with Crippen molar-refractivity contribution in [2.45, 2.75) is 18.9 Å². The zero-order valence-electron chi connectivity index (χ0n) is 22.6. The van der Waals surface area contributed by atoms with Crippen molar-refractivity contribution in [1.82, 2.24) is 25.3 Å². The van der Waals surface area contributed by atoms with Crippen molar-refractivity contribution in [1.29, 1.82) is 0 Å². The molecule has 0 spiro atoms. The normalized spacial score (nSPS) is 21.4. The third-order valence-corrected chi connectivity index (χ3v) is 7.63. The van der Waals surface area contributed by atoms with Gasteiger partial charge in [-0.25, -0.2) is 4.79 Å². The molecule has 3 aliphatic rings. The molecule has 0 aromatic heterocycles. The Morgan fingerprint density at radius 3 is 2.45 bits per heavy atom. The van der Waals surface area contributed by atoms with Crippen LogP contribution in [0.2, 0.25) is 0 Å². The smallest absolute Gasteiger partial charge is 0.323 e. The fourth-order valence-electron chi connectivity index (χ4n) is 5.27. The van der Waals surface area contributed by atoms with Crippen molar-refractivity contribution in [3.8, 4) is 17.6 Å². The first-order valence-corrected chi connectivity index (χ1v) is 13.3. The standard InChI is InChI=1S/C29H32N6O5/c1-3-33-14-16-34(17-15-33)25(32-39)21-6-4-20(5-7-21)10-12-29(27(37)30-28(38)31-29)19-35-13-11-22-18-23(40-2)8-9-24(22)26(35)36/h4-9,18,39H,3,11,13-17,19H2,1-2H3,(H2,30,31,37,38)/b32-25-/t29-/m1/s1. The van der Waals surface area contributed by atoms with Crippen molar-refractivity contribution in [2.75, 3.05) is 52.9 Å². The highest BCUT2D eigenvalue weighted by molar-refractivity contribution is 6.10. The highest BCUT2D eigenvalue weighted by Crippen LogP contribution is 2.25. The number of amides is 4. The van der Waals surface area contributed by atoms with Crippen LogP contribution in [0, 0.1) is 11.8 Å². The van der Waals surface area contributed by atoms with E-state index in [-0.39, 0.29) is 12.5 Å². The van der Waals surface area contributed by atoms with Crippen LogP contribution in [0.5, 0.6) is 5.75 Å². The van der Waals surface area contributed by atoms with Gasteiger partial charge in [0.05, 0.1) is 13.7 Å². The predicted molar refractivity (Wildman–Crippen MR) is 147 cm³/mol. The number of nitrogens with one attached hydrogen (secondary N) is 2. The molecule has 208 valence electrons. The fraction of sp³-hybridized carbons (Fsp3) is 0.379. The Balaban J connectivity index is 1.34. The van der Waals surface area contributed by atoms with Gasteiger partial charge in [-0.15, -0.1) is 0 Å². The van der Waals surface area contributed by atoms with Crippen LogP contribution in [0.25, 0.3) is 0 Å². The summed E-state index contributed by atoms with van der Waals surface area (Å²) in [6, 6.07) is 11.8. The number of rotatable bonds is 5. The van der Waals surface area contributed by atoms with Crippen molar-refractivity contribution in [2.24, 2.45) is 5.16 Å². The van der Waals surface area contributed by atoms with Crippen LogP contribution in [0.15, 0.2) is 47.6 Å². The monoisotopic (exact) mass is 544 g/mol. The summed E-state index contributed by atoms with van der Waals surface area (Å²) in [4.78, 5) is 44.3. The Bertz CT molecular complexity index is 1400. The maximum atomic E-state index is 13.3. The molecule has 3 N–H and O–H groups in total. The Labute approximate surface area is 232 Å². The minimum Gasteiger partial charge on any atom is -0.497 e. The van der Waals surface area contributed by atoms with Crippen LogP contribution < -0.4 is 15.4 Å². The van der Waals surface area contributed by atoms with Gasteiger partial charge in [0.2, 0.25) is 5.54 Å². The van der Waals surface area contributed by atoms with Gasteiger partial charge in [0.15, 0.2) is 5.84 Å². The molecule has 2 aromatic rings. The maximum Gasteiger partial charge on any atom is 0.323 e. The lowest BCUT2D eigenvalue weighted by atomic mass is 9.94. The number of amidine groups is 1. The average Bonchev–Trinajstić information content (AvgIpc) is 3.26. The van der Waals surface area contributed by atoms with Gasteiger partial charge in [-0.1, -0.05) is 23.9 Å².